The monoisotopic (exact) mass is 286 g/mol. The number of nitrogens with zero attached hydrogens (tertiary/aromatic N) is 1. The zero-order valence-electron chi connectivity index (χ0n) is 12.8. The lowest BCUT2D eigenvalue weighted by molar-refractivity contribution is -0.143. The number of carbonyl (C=O) groups is 2. The third-order valence-corrected chi connectivity index (χ3v) is 3.50. The molecule has 1 saturated heterocycles. The van der Waals surface area contributed by atoms with Gasteiger partial charge in [-0.05, 0) is 59.7 Å². The Morgan fingerprint density at radius 2 is 1.90 bits per heavy atom. The molecular formula is C14H26N2O4. The molecule has 0 spiro atoms. The van der Waals surface area contributed by atoms with E-state index in [0.717, 1.165) is 19.5 Å². The van der Waals surface area contributed by atoms with Crippen LogP contribution in [0, 0.1) is 11.8 Å². The van der Waals surface area contributed by atoms with E-state index in [1.54, 1.807) is 20.8 Å². The summed E-state index contributed by atoms with van der Waals surface area (Å²) in [7, 11) is 1.99. The highest BCUT2D eigenvalue weighted by Crippen LogP contribution is 2.23. The third kappa shape index (κ3) is 5.77. The fourth-order valence-corrected chi connectivity index (χ4v) is 2.39. The minimum Gasteiger partial charge on any atom is -0.481 e. The molecule has 0 unspecified atom stereocenters. The van der Waals surface area contributed by atoms with E-state index in [-0.39, 0.29) is 5.92 Å². The quantitative estimate of drug-likeness (QED) is 0.823. The highest BCUT2D eigenvalue weighted by molar-refractivity contribution is 5.71. The maximum atomic E-state index is 11.6. The lowest BCUT2D eigenvalue weighted by atomic mass is 9.88. The Morgan fingerprint density at radius 1 is 1.30 bits per heavy atom. The minimum absolute atomic E-state index is 0.0510. The summed E-state index contributed by atoms with van der Waals surface area (Å²) < 4.78 is 5.17. The van der Waals surface area contributed by atoms with Gasteiger partial charge in [0.2, 0.25) is 0 Å². The number of hydrogen-bond donors (Lipinski definition) is 2. The maximum Gasteiger partial charge on any atom is 0.407 e. The van der Waals surface area contributed by atoms with E-state index in [9.17, 15) is 14.7 Å². The van der Waals surface area contributed by atoms with Gasteiger partial charge in [0.15, 0.2) is 0 Å². The first-order chi connectivity index (χ1) is 9.19. The van der Waals surface area contributed by atoms with Crippen LogP contribution >= 0.6 is 0 Å². The topological polar surface area (TPSA) is 78.9 Å². The molecule has 1 aliphatic heterocycles. The zero-order valence-corrected chi connectivity index (χ0v) is 12.8. The van der Waals surface area contributed by atoms with E-state index in [1.807, 2.05) is 7.05 Å². The Balaban J connectivity index is 2.54. The van der Waals surface area contributed by atoms with Crippen molar-refractivity contribution in [1.29, 1.82) is 0 Å². The van der Waals surface area contributed by atoms with E-state index in [1.165, 1.54) is 0 Å². The second-order valence-electron chi connectivity index (χ2n) is 6.47. The van der Waals surface area contributed by atoms with Crippen LogP contribution in [0.25, 0.3) is 0 Å². The number of ether oxygens (including phenoxy) is 1. The average molecular weight is 286 g/mol. The predicted octanol–water partition coefficient (Wildman–Crippen LogP) is 1.55. The van der Waals surface area contributed by atoms with E-state index in [4.69, 9.17) is 4.74 Å². The Labute approximate surface area is 120 Å². The third-order valence-electron chi connectivity index (χ3n) is 3.50. The largest absolute Gasteiger partial charge is 0.481 e. The van der Waals surface area contributed by atoms with Gasteiger partial charge in [-0.1, -0.05) is 0 Å². The summed E-state index contributed by atoms with van der Waals surface area (Å²) >= 11 is 0. The molecule has 20 heavy (non-hydrogen) atoms. The van der Waals surface area contributed by atoms with Crippen molar-refractivity contribution in [2.75, 3.05) is 26.7 Å². The maximum absolute atomic E-state index is 11.6. The molecule has 2 atom stereocenters. The fraction of sp³-hybridized carbons (Fsp3) is 0.857. The van der Waals surface area contributed by atoms with Crippen molar-refractivity contribution in [2.24, 2.45) is 11.8 Å². The van der Waals surface area contributed by atoms with Gasteiger partial charge in [-0.15, -0.1) is 0 Å². The summed E-state index contributed by atoms with van der Waals surface area (Å²) in [6.45, 7) is 7.37. The van der Waals surface area contributed by atoms with Crippen molar-refractivity contribution in [1.82, 2.24) is 10.2 Å². The van der Waals surface area contributed by atoms with Crippen LogP contribution in [-0.4, -0.2) is 54.4 Å². The molecule has 0 aromatic heterocycles. The van der Waals surface area contributed by atoms with Gasteiger partial charge in [-0.25, -0.2) is 4.79 Å². The molecule has 0 saturated carbocycles. The molecule has 116 valence electrons. The second kappa shape index (κ2) is 6.92. The Hall–Kier alpha value is -1.30. The molecule has 6 heteroatoms. The molecule has 1 fully saturated rings. The van der Waals surface area contributed by atoms with Crippen LogP contribution in [-0.2, 0) is 9.53 Å². The van der Waals surface area contributed by atoms with Crippen molar-refractivity contribution in [3.63, 3.8) is 0 Å². The van der Waals surface area contributed by atoms with Crippen molar-refractivity contribution in [3.05, 3.63) is 0 Å². The van der Waals surface area contributed by atoms with E-state index in [2.05, 4.69) is 10.2 Å². The number of alkyl carbamates (subject to hydrolysis) is 1. The summed E-state index contributed by atoms with van der Waals surface area (Å²) in [5, 5.41) is 12.0. The number of carboxylic acids is 1. The first-order valence-electron chi connectivity index (χ1n) is 7.07. The number of nitrogens with one attached hydrogen (secondary N) is 1. The fourth-order valence-electron chi connectivity index (χ4n) is 2.39. The van der Waals surface area contributed by atoms with Crippen LogP contribution in [0.5, 0.6) is 0 Å². The SMILES string of the molecule is CN1CC[C@@H](CNC(=O)OC(C)(C)C)[C@H](C(=O)O)CC1. The van der Waals surface area contributed by atoms with Gasteiger partial charge >= 0.3 is 12.1 Å². The zero-order chi connectivity index (χ0) is 15.3. The number of likely N-dealkylation sites (tertiary alicyclic amines) is 1. The van der Waals surface area contributed by atoms with Gasteiger partial charge in [0, 0.05) is 6.54 Å². The van der Waals surface area contributed by atoms with Crippen LogP contribution in [0.1, 0.15) is 33.6 Å². The molecular weight excluding hydrogens is 260 g/mol. The summed E-state index contributed by atoms with van der Waals surface area (Å²) in [5.74, 6) is -1.24. The first-order valence-corrected chi connectivity index (χ1v) is 7.07. The van der Waals surface area contributed by atoms with Crippen LogP contribution in [0.4, 0.5) is 4.79 Å². The van der Waals surface area contributed by atoms with E-state index < -0.39 is 23.6 Å². The van der Waals surface area contributed by atoms with Gasteiger partial charge in [-0.2, -0.15) is 0 Å². The number of aliphatic carboxylic acids is 1. The molecule has 1 amide bonds. The summed E-state index contributed by atoms with van der Waals surface area (Å²) in [5.41, 5.74) is -0.542. The van der Waals surface area contributed by atoms with Gasteiger partial charge in [0.05, 0.1) is 5.92 Å². The molecule has 1 heterocycles. The molecule has 6 nitrogen and oxygen atoms in total. The normalized spacial score (nSPS) is 24.8. The summed E-state index contributed by atoms with van der Waals surface area (Å²) in [6, 6.07) is 0. The smallest absolute Gasteiger partial charge is 0.407 e. The summed E-state index contributed by atoms with van der Waals surface area (Å²) in [6.07, 6.45) is 0.898. The van der Waals surface area contributed by atoms with Gasteiger partial charge in [-0.3, -0.25) is 4.79 Å². The van der Waals surface area contributed by atoms with Crippen LogP contribution < -0.4 is 5.32 Å². The second-order valence-corrected chi connectivity index (χ2v) is 6.47. The highest BCUT2D eigenvalue weighted by Gasteiger charge is 2.31. The van der Waals surface area contributed by atoms with E-state index in [0.29, 0.717) is 13.0 Å². The van der Waals surface area contributed by atoms with Gasteiger partial charge < -0.3 is 20.1 Å². The lowest BCUT2D eigenvalue weighted by Gasteiger charge is -2.24. The number of amides is 1. The molecule has 1 aliphatic rings. The number of rotatable bonds is 3. The Kier molecular flexibility index (Phi) is 5.80. The average Bonchev–Trinajstić information content (AvgIpc) is 2.46. The standard InChI is InChI=1S/C14H26N2O4/c1-14(2,3)20-13(19)15-9-10-5-7-16(4)8-6-11(10)12(17)18/h10-11H,5-9H2,1-4H3,(H,15,19)(H,17,18)/t10-,11+/m0/s1. The van der Waals surface area contributed by atoms with Crippen molar-refractivity contribution in [3.8, 4) is 0 Å². The lowest BCUT2D eigenvalue weighted by Crippen LogP contribution is -2.38. The van der Waals surface area contributed by atoms with Crippen LogP contribution in [0.15, 0.2) is 0 Å². The first kappa shape index (κ1) is 16.8. The Morgan fingerprint density at radius 3 is 2.45 bits per heavy atom. The van der Waals surface area contributed by atoms with Crippen molar-refractivity contribution < 1.29 is 19.4 Å². The molecule has 0 aromatic rings. The van der Waals surface area contributed by atoms with Crippen LogP contribution in [0.3, 0.4) is 0 Å². The predicted molar refractivity (Wildman–Crippen MR) is 75.6 cm³/mol. The van der Waals surface area contributed by atoms with Crippen molar-refractivity contribution in [2.45, 2.75) is 39.2 Å². The van der Waals surface area contributed by atoms with E-state index >= 15 is 0 Å². The molecule has 1 rings (SSSR count). The number of carboxylic acid groups (broad SMARTS) is 1. The molecule has 0 aromatic carbocycles. The van der Waals surface area contributed by atoms with Crippen molar-refractivity contribution >= 4 is 12.1 Å². The molecule has 0 aliphatic carbocycles. The molecule has 0 radical (unpaired) electrons. The minimum atomic E-state index is -0.781. The molecule has 2 N–H and O–H groups in total. The number of hydrogen-bond acceptors (Lipinski definition) is 4. The number of carbonyl (C=O) groups excluding carboxylic acids is 1. The highest BCUT2D eigenvalue weighted by atomic mass is 16.6. The Bertz CT molecular complexity index is 352. The summed E-state index contributed by atoms with van der Waals surface area (Å²) in [4.78, 5) is 25.1. The van der Waals surface area contributed by atoms with Crippen LogP contribution in [0.2, 0.25) is 0 Å². The molecule has 0 bridgehead atoms. The van der Waals surface area contributed by atoms with Gasteiger partial charge in [0.1, 0.15) is 5.60 Å². The van der Waals surface area contributed by atoms with Gasteiger partial charge in [0.25, 0.3) is 0 Å².